The van der Waals surface area contributed by atoms with Crippen LogP contribution in [0.3, 0.4) is 0 Å². The summed E-state index contributed by atoms with van der Waals surface area (Å²) in [6, 6.07) is 6.97. The van der Waals surface area contributed by atoms with Crippen LogP contribution in [0.2, 0.25) is 0 Å². The van der Waals surface area contributed by atoms with Crippen molar-refractivity contribution in [3.05, 3.63) is 53.3 Å². The van der Waals surface area contributed by atoms with Gasteiger partial charge in [0.15, 0.2) is 11.6 Å². The van der Waals surface area contributed by atoms with Gasteiger partial charge in [-0.3, -0.25) is 9.59 Å². The summed E-state index contributed by atoms with van der Waals surface area (Å²) < 4.78 is 11.1. The lowest BCUT2D eigenvalue weighted by Crippen LogP contribution is -2.36. The highest BCUT2D eigenvalue weighted by Crippen LogP contribution is 2.33. The number of carbonyl (C=O) groups excluding carboxylic acids is 2. The number of benzene rings is 1. The van der Waals surface area contributed by atoms with Crippen molar-refractivity contribution in [1.29, 1.82) is 0 Å². The largest absolute Gasteiger partial charge is 0.497 e. The van der Waals surface area contributed by atoms with Crippen LogP contribution in [0.15, 0.2) is 34.9 Å². The minimum absolute atomic E-state index is 0.00388. The second-order valence-corrected chi connectivity index (χ2v) is 8.75. The van der Waals surface area contributed by atoms with E-state index in [2.05, 4.69) is 9.97 Å². The highest BCUT2D eigenvalue weighted by molar-refractivity contribution is 5.97. The molecule has 172 valence electrons. The van der Waals surface area contributed by atoms with Gasteiger partial charge in [-0.2, -0.15) is 0 Å². The van der Waals surface area contributed by atoms with Gasteiger partial charge in [0.2, 0.25) is 0 Å². The van der Waals surface area contributed by atoms with Gasteiger partial charge in [0.25, 0.3) is 11.8 Å². The van der Waals surface area contributed by atoms with Gasteiger partial charge in [0, 0.05) is 31.2 Å². The number of aromatic nitrogens is 2. The molecule has 2 aromatic heterocycles. The van der Waals surface area contributed by atoms with Gasteiger partial charge in [-0.1, -0.05) is 0 Å². The zero-order chi connectivity index (χ0) is 22.9. The predicted molar refractivity (Wildman–Crippen MR) is 122 cm³/mol. The molecule has 2 fully saturated rings. The topological polar surface area (TPSA) is 88.8 Å². The van der Waals surface area contributed by atoms with Crippen molar-refractivity contribution >= 4 is 22.8 Å². The molecule has 2 saturated heterocycles. The first kappa shape index (κ1) is 21.4. The van der Waals surface area contributed by atoms with Crippen molar-refractivity contribution in [2.24, 2.45) is 0 Å². The molecular weight excluding hydrogens is 420 g/mol. The zero-order valence-electron chi connectivity index (χ0n) is 19.0. The highest BCUT2D eigenvalue weighted by Gasteiger charge is 2.34. The lowest BCUT2D eigenvalue weighted by atomic mass is 10.1. The molecule has 2 aliphatic rings. The van der Waals surface area contributed by atoms with E-state index in [0.717, 1.165) is 44.2 Å². The number of aryl methyl sites for hydroxylation is 1. The van der Waals surface area contributed by atoms with Crippen LogP contribution in [0.4, 0.5) is 0 Å². The number of furan rings is 1. The van der Waals surface area contributed by atoms with Gasteiger partial charge in [0.05, 0.1) is 24.4 Å². The molecule has 1 atom stereocenters. The first-order valence-corrected chi connectivity index (χ1v) is 11.6. The Morgan fingerprint density at radius 2 is 1.88 bits per heavy atom. The Labute approximate surface area is 192 Å². The van der Waals surface area contributed by atoms with E-state index in [4.69, 9.17) is 9.15 Å². The number of amides is 2. The Kier molecular flexibility index (Phi) is 5.74. The van der Waals surface area contributed by atoms with Crippen LogP contribution in [0.25, 0.3) is 11.0 Å². The SMILES string of the molecule is COc1ccc2oc(C(=O)N3CCCC3c3ncc(C(=O)N4CCCCC4)c(C)n3)cc2c1. The number of likely N-dealkylation sites (tertiary alicyclic amines) is 2. The van der Waals surface area contributed by atoms with Crippen LogP contribution in [-0.2, 0) is 0 Å². The van der Waals surface area contributed by atoms with E-state index in [-0.39, 0.29) is 17.9 Å². The first-order chi connectivity index (χ1) is 16.0. The third-order valence-corrected chi connectivity index (χ3v) is 6.62. The number of hydrogen-bond acceptors (Lipinski definition) is 6. The van der Waals surface area contributed by atoms with E-state index in [1.54, 1.807) is 30.3 Å². The summed E-state index contributed by atoms with van der Waals surface area (Å²) in [6.45, 7) is 4.03. The number of ether oxygens (including phenoxy) is 1. The lowest BCUT2D eigenvalue weighted by molar-refractivity contribution is 0.0694. The average molecular weight is 449 g/mol. The molecule has 0 spiro atoms. The minimum Gasteiger partial charge on any atom is -0.497 e. The maximum Gasteiger partial charge on any atom is 0.290 e. The minimum atomic E-state index is -0.238. The fraction of sp³-hybridized carbons (Fsp3) is 0.440. The number of nitrogens with zero attached hydrogens (tertiary/aromatic N) is 4. The number of rotatable bonds is 4. The normalized spacial score (nSPS) is 18.7. The van der Waals surface area contributed by atoms with E-state index in [9.17, 15) is 9.59 Å². The summed E-state index contributed by atoms with van der Waals surface area (Å²) in [7, 11) is 1.61. The molecule has 3 aromatic rings. The quantitative estimate of drug-likeness (QED) is 0.596. The predicted octanol–water partition coefficient (Wildman–Crippen LogP) is 4.14. The van der Waals surface area contributed by atoms with Gasteiger partial charge in [-0.15, -0.1) is 0 Å². The highest BCUT2D eigenvalue weighted by atomic mass is 16.5. The Hall–Kier alpha value is -3.42. The van der Waals surface area contributed by atoms with Crippen LogP contribution in [-0.4, -0.2) is 58.3 Å². The molecule has 8 nitrogen and oxygen atoms in total. The van der Waals surface area contributed by atoms with Crippen molar-refractivity contribution in [3.63, 3.8) is 0 Å². The summed E-state index contributed by atoms with van der Waals surface area (Å²) in [5, 5.41) is 0.820. The van der Waals surface area contributed by atoms with E-state index < -0.39 is 0 Å². The maximum atomic E-state index is 13.3. The Balaban J connectivity index is 1.37. The zero-order valence-corrected chi connectivity index (χ0v) is 19.0. The smallest absolute Gasteiger partial charge is 0.290 e. The molecular formula is C25H28N4O4. The molecule has 8 heteroatoms. The molecule has 2 aliphatic heterocycles. The molecule has 1 unspecified atom stereocenters. The van der Waals surface area contributed by atoms with Gasteiger partial charge < -0.3 is 19.0 Å². The van der Waals surface area contributed by atoms with Gasteiger partial charge in [0.1, 0.15) is 11.3 Å². The standard InChI is InChI=1S/C25H28N4O4/c1-16-19(24(30)28-10-4-3-5-11-28)15-26-23(27-16)20-7-6-12-29(20)25(31)22-14-17-13-18(32-2)8-9-21(17)33-22/h8-9,13-15,20H,3-7,10-12H2,1-2H3. The number of fused-ring (bicyclic) bond motifs is 1. The maximum absolute atomic E-state index is 13.3. The molecule has 2 amide bonds. The third kappa shape index (κ3) is 4.05. The van der Waals surface area contributed by atoms with E-state index >= 15 is 0 Å². The van der Waals surface area contributed by atoms with Crippen LogP contribution < -0.4 is 4.74 Å². The average Bonchev–Trinajstić information content (AvgIpc) is 3.50. The van der Waals surface area contributed by atoms with Crippen molar-refractivity contribution in [1.82, 2.24) is 19.8 Å². The van der Waals surface area contributed by atoms with E-state index in [1.165, 1.54) is 6.42 Å². The molecule has 5 rings (SSSR count). The van der Waals surface area contributed by atoms with Crippen molar-refractivity contribution < 1.29 is 18.7 Å². The molecule has 1 aromatic carbocycles. The number of methoxy groups -OCH3 is 1. The van der Waals surface area contributed by atoms with Crippen molar-refractivity contribution in [2.45, 2.75) is 45.1 Å². The second-order valence-electron chi connectivity index (χ2n) is 8.75. The fourth-order valence-corrected chi connectivity index (χ4v) is 4.80. The number of piperidine rings is 1. The Morgan fingerprint density at radius 1 is 1.06 bits per heavy atom. The fourth-order valence-electron chi connectivity index (χ4n) is 4.80. The van der Waals surface area contributed by atoms with Crippen LogP contribution in [0, 0.1) is 6.92 Å². The third-order valence-electron chi connectivity index (χ3n) is 6.62. The summed E-state index contributed by atoms with van der Waals surface area (Å²) in [5.74, 6) is 1.40. The summed E-state index contributed by atoms with van der Waals surface area (Å²) in [6.07, 6.45) is 6.51. The van der Waals surface area contributed by atoms with E-state index in [0.29, 0.717) is 40.7 Å². The van der Waals surface area contributed by atoms with Crippen molar-refractivity contribution in [2.75, 3.05) is 26.7 Å². The summed E-state index contributed by atoms with van der Waals surface area (Å²) >= 11 is 0. The molecule has 0 bridgehead atoms. The molecule has 33 heavy (non-hydrogen) atoms. The Morgan fingerprint density at radius 3 is 2.64 bits per heavy atom. The Bertz CT molecular complexity index is 1200. The van der Waals surface area contributed by atoms with Crippen LogP contribution in [0.5, 0.6) is 5.75 Å². The summed E-state index contributed by atoms with van der Waals surface area (Å²) in [5.41, 5.74) is 1.84. The molecule has 0 saturated carbocycles. The van der Waals surface area contributed by atoms with Gasteiger partial charge >= 0.3 is 0 Å². The molecule has 4 heterocycles. The van der Waals surface area contributed by atoms with Crippen molar-refractivity contribution in [3.8, 4) is 5.75 Å². The van der Waals surface area contributed by atoms with E-state index in [1.807, 2.05) is 24.0 Å². The second kappa shape index (κ2) is 8.84. The first-order valence-electron chi connectivity index (χ1n) is 11.6. The van der Waals surface area contributed by atoms with Gasteiger partial charge in [-0.25, -0.2) is 9.97 Å². The molecule has 0 N–H and O–H groups in total. The van der Waals surface area contributed by atoms with Crippen LogP contribution in [0.1, 0.15) is 70.6 Å². The lowest BCUT2D eigenvalue weighted by Gasteiger charge is -2.27. The van der Waals surface area contributed by atoms with Gasteiger partial charge in [-0.05, 0) is 63.3 Å². The van der Waals surface area contributed by atoms with Crippen LogP contribution >= 0.6 is 0 Å². The summed E-state index contributed by atoms with van der Waals surface area (Å²) in [4.78, 5) is 39.1. The number of carbonyl (C=O) groups is 2. The molecule has 0 radical (unpaired) electrons. The monoisotopic (exact) mass is 448 g/mol. The molecule has 0 aliphatic carbocycles. The number of hydrogen-bond donors (Lipinski definition) is 0.